The van der Waals surface area contributed by atoms with Gasteiger partial charge < -0.3 is 52.1 Å². The number of rotatable bonds is 20. The normalized spacial score (nSPS) is 21.3. The fourth-order valence-corrected chi connectivity index (χ4v) is 9.42. The summed E-state index contributed by atoms with van der Waals surface area (Å²) >= 11 is 0. The van der Waals surface area contributed by atoms with Gasteiger partial charge in [-0.25, -0.2) is 38.4 Å². The molecule has 0 aromatic heterocycles. The number of esters is 8. The molecule has 8 aromatic rings. The lowest BCUT2D eigenvalue weighted by Gasteiger charge is -2.48. The average molecular weight is 1180 g/mol. The number of hydrogen-bond donors (Lipinski definition) is 0. The standard InChI is InChI=1S/C68H54O19/c69-59(43-25-9-1-10-26-43)77-41-51-53(81-61(71)45-29-13-3-14-30-45)55(82-62(72)46-31-15-4-16-32-46)57(84-64(74)48-35-19-6-20-36-48)67(79-51)86-54-52(42-78-60(70)44-27-11-2-12-28-44)80-68(87-66(76)50-39-23-8-24-40-50)58(85-65(75)49-37-21-7-22-38-49)56(54)83-63(73)47-33-17-5-18-34-47/h1-40,51-58,67-68H,41-42H2/t51-,52-,53+,54-,55+,56+,57-,58-,67+,68+/m1/s1. The third kappa shape index (κ3) is 15.2. The first-order valence-electron chi connectivity index (χ1n) is 27.4. The molecular formula is C68H54O19. The molecule has 0 aliphatic carbocycles. The maximum atomic E-state index is 14.7. The molecule has 87 heavy (non-hydrogen) atoms. The van der Waals surface area contributed by atoms with E-state index in [0.717, 1.165) is 0 Å². The Balaban J connectivity index is 1.14. The number of carbonyl (C=O) groups excluding carboxylic acids is 8. The highest BCUT2D eigenvalue weighted by atomic mass is 16.8. The molecule has 10 atom stereocenters. The molecule has 440 valence electrons. The second-order valence-electron chi connectivity index (χ2n) is 19.6. The maximum absolute atomic E-state index is 14.7. The molecule has 10 rings (SSSR count). The summed E-state index contributed by atoms with van der Waals surface area (Å²) in [5, 5.41) is 0. The first-order valence-corrected chi connectivity index (χ1v) is 27.4. The van der Waals surface area contributed by atoms with E-state index >= 15 is 0 Å². The van der Waals surface area contributed by atoms with Gasteiger partial charge in [0.1, 0.15) is 31.5 Å². The van der Waals surface area contributed by atoms with Gasteiger partial charge in [0.2, 0.25) is 12.4 Å². The molecule has 2 aliphatic heterocycles. The first kappa shape index (κ1) is 59.6. The monoisotopic (exact) mass is 1170 g/mol. The van der Waals surface area contributed by atoms with Gasteiger partial charge in [-0.1, -0.05) is 146 Å². The lowest BCUT2D eigenvalue weighted by atomic mass is 9.95. The van der Waals surface area contributed by atoms with E-state index in [4.69, 9.17) is 52.1 Å². The molecular weight excluding hydrogens is 1120 g/mol. The summed E-state index contributed by atoms with van der Waals surface area (Å²) in [5.41, 5.74) is 0.168. The van der Waals surface area contributed by atoms with Crippen LogP contribution in [0.15, 0.2) is 243 Å². The van der Waals surface area contributed by atoms with Gasteiger partial charge in [0.15, 0.2) is 30.7 Å². The Kier molecular flexibility index (Phi) is 19.7. The SMILES string of the molecule is O=C(OC[C@H]1O[C@@H](O[C@H]2[C@H](OC(=O)c3ccccc3)[C@@H](OC(=O)c3ccccc3)[C@H](OC(=O)c3ccccc3)O[C@@H]2COC(=O)c2ccccc2)[C@H](OC(=O)c2ccccc2)[C@@H](OC(=O)c2ccccc2)[C@H]1OC(=O)c1ccccc1)c1ccccc1. The Morgan fingerprint density at radius 1 is 0.241 bits per heavy atom. The highest BCUT2D eigenvalue weighted by Gasteiger charge is 2.59. The van der Waals surface area contributed by atoms with Crippen LogP contribution in [0.3, 0.4) is 0 Å². The van der Waals surface area contributed by atoms with Crippen molar-refractivity contribution in [2.45, 2.75) is 61.4 Å². The molecule has 0 saturated carbocycles. The predicted molar refractivity (Wildman–Crippen MR) is 306 cm³/mol. The number of hydrogen-bond acceptors (Lipinski definition) is 19. The van der Waals surface area contributed by atoms with Gasteiger partial charge in [-0.05, 0) is 97.1 Å². The van der Waals surface area contributed by atoms with Crippen molar-refractivity contribution < 1.29 is 90.5 Å². The van der Waals surface area contributed by atoms with Crippen LogP contribution in [0.4, 0.5) is 0 Å². The Hall–Kier alpha value is -10.6. The van der Waals surface area contributed by atoms with E-state index in [2.05, 4.69) is 0 Å². The van der Waals surface area contributed by atoms with Crippen molar-refractivity contribution in [2.24, 2.45) is 0 Å². The molecule has 0 radical (unpaired) electrons. The minimum Gasteiger partial charge on any atom is -0.459 e. The van der Waals surface area contributed by atoms with E-state index in [1.807, 2.05) is 0 Å². The predicted octanol–water partition coefficient (Wildman–Crippen LogP) is 9.52. The quantitative estimate of drug-likeness (QED) is 0.0510. The van der Waals surface area contributed by atoms with Gasteiger partial charge in [-0.3, -0.25) is 0 Å². The maximum Gasteiger partial charge on any atom is 0.340 e. The lowest BCUT2D eigenvalue weighted by Crippen LogP contribution is -2.67. The van der Waals surface area contributed by atoms with Crippen LogP contribution in [0.2, 0.25) is 0 Å². The Labute approximate surface area is 498 Å². The summed E-state index contributed by atoms with van der Waals surface area (Å²) < 4.78 is 69.7. The molecule has 19 heteroatoms. The summed E-state index contributed by atoms with van der Waals surface area (Å²) in [4.78, 5) is 115. The second kappa shape index (κ2) is 28.8. The molecule has 2 heterocycles. The van der Waals surface area contributed by atoms with E-state index < -0.39 is 122 Å². The fourth-order valence-electron chi connectivity index (χ4n) is 9.42. The summed E-state index contributed by atoms with van der Waals surface area (Å²) in [6.07, 6.45) is -19.4. The third-order valence-electron chi connectivity index (χ3n) is 13.7. The van der Waals surface area contributed by atoms with E-state index in [1.165, 1.54) is 97.1 Å². The Morgan fingerprint density at radius 2 is 0.460 bits per heavy atom. The van der Waals surface area contributed by atoms with Gasteiger partial charge in [0.25, 0.3) is 0 Å². The van der Waals surface area contributed by atoms with Crippen molar-refractivity contribution in [2.75, 3.05) is 13.2 Å². The molecule has 8 aromatic carbocycles. The molecule has 19 nitrogen and oxygen atoms in total. The summed E-state index contributed by atoms with van der Waals surface area (Å²) in [6, 6.07) is 61.7. The highest BCUT2D eigenvalue weighted by Crippen LogP contribution is 2.37. The summed E-state index contributed by atoms with van der Waals surface area (Å²) in [5.74, 6) is -7.88. The minimum absolute atomic E-state index is 0.00860. The van der Waals surface area contributed by atoms with Gasteiger partial charge in [0.05, 0.1) is 44.5 Å². The average Bonchev–Trinajstić information content (AvgIpc) is 3.65. The summed E-state index contributed by atoms with van der Waals surface area (Å²) in [7, 11) is 0. The van der Waals surface area contributed by atoms with Crippen LogP contribution in [0, 0.1) is 0 Å². The molecule has 0 bridgehead atoms. The third-order valence-corrected chi connectivity index (χ3v) is 13.7. The van der Waals surface area contributed by atoms with Crippen LogP contribution >= 0.6 is 0 Å². The molecule has 0 spiro atoms. The molecule has 2 aliphatic rings. The highest BCUT2D eigenvalue weighted by molar-refractivity contribution is 5.93. The van der Waals surface area contributed by atoms with Crippen molar-refractivity contribution in [3.63, 3.8) is 0 Å². The van der Waals surface area contributed by atoms with Crippen LogP contribution in [0.25, 0.3) is 0 Å². The zero-order valence-corrected chi connectivity index (χ0v) is 46.0. The van der Waals surface area contributed by atoms with Crippen LogP contribution in [0.1, 0.15) is 82.9 Å². The van der Waals surface area contributed by atoms with E-state index in [9.17, 15) is 38.4 Å². The van der Waals surface area contributed by atoms with Crippen LogP contribution < -0.4 is 0 Å². The molecule has 2 fully saturated rings. The minimum atomic E-state index is -2.13. The van der Waals surface area contributed by atoms with Crippen molar-refractivity contribution in [3.05, 3.63) is 287 Å². The zero-order valence-electron chi connectivity index (χ0n) is 46.0. The van der Waals surface area contributed by atoms with Crippen molar-refractivity contribution >= 4 is 47.8 Å². The van der Waals surface area contributed by atoms with Crippen LogP contribution in [-0.4, -0.2) is 122 Å². The van der Waals surface area contributed by atoms with Gasteiger partial charge in [-0.2, -0.15) is 0 Å². The number of carbonyl (C=O) groups is 8. The topological polar surface area (TPSA) is 238 Å². The van der Waals surface area contributed by atoms with E-state index in [1.54, 1.807) is 146 Å². The van der Waals surface area contributed by atoms with Crippen LogP contribution in [0.5, 0.6) is 0 Å². The number of ether oxygens (including phenoxy) is 11. The van der Waals surface area contributed by atoms with Crippen molar-refractivity contribution in [1.29, 1.82) is 0 Å². The molecule has 0 amide bonds. The van der Waals surface area contributed by atoms with Crippen LogP contribution in [-0.2, 0) is 52.1 Å². The Bertz CT molecular complexity index is 3620. The van der Waals surface area contributed by atoms with Crippen molar-refractivity contribution in [1.82, 2.24) is 0 Å². The first-order chi connectivity index (χ1) is 42.5. The molecule has 2 saturated heterocycles. The molecule has 0 N–H and O–H groups in total. The van der Waals surface area contributed by atoms with Gasteiger partial charge >= 0.3 is 47.8 Å². The molecule has 0 unspecified atom stereocenters. The van der Waals surface area contributed by atoms with E-state index in [0.29, 0.717) is 0 Å². The largest absolute Gasteiger partial charge is 0.459 e. The summed E-state index contributed by atoms with van der Waals surface area (Å²) in [6.45, 7) is -1.58. The van der Waals surface area contributed by atoms with Gasteiger partial charge in [0, 0.05) is 0 Å². The zero-order chi connectivity index (χ0) is 60.5. The number of benzene rings is 8. The smallest absolute Gasteiger partial charge is 0.340 e. The van der Waals surface area contributed by atoms with E-state index in [-0.39, 0.29) is 44.5 Å². The fraction of sp³-hybridized carbons (Fsp3) is 0.176. The van der Waals surface area contributed by atoms with Gasteiger partial charge in [-0.15, -0.1) is 0 Å². The van der Waals surface area contributed by atoms with Crippen molar-refractivity contribution in [3.8, 4) is 0 Å². The lowest BCUT2D eigenvalue weighted by molar-refractivity contribution is -0.351. The second-order valence-corrected chi connectivity index (χ2v) is 19.6. The Morgan fingerprint density at radius 3 is 0.770 bits per heavy atom.